The zero-order valence-electron chi connectivity index (χ0n) is 17.5. The Morgan fingerprint density at radius 2 is 1.75 bits per heavy atom. The first-order valence-corrected chi connectivity index (χ1v) is 10.9. The number of carboxylic acid groups (broad SMARTS) is 1. The van der Waals surface area contributed by atoms with Crippen LogP contribution in [0.15, 0.2) is 47.3 Å². The van der Waals surface area contributed by atoms with Crippen molar-refractivity contribution in [3.05, 3.63) is 64.2 Å². The molecule has 2 fully saturated rings. The van der Waals surface area contributed by atoms with Crippen LogP contribution < -0.4 is 5.56 Å². The number of aromatic nitrogens is 1. The van der Waals surface area contributed by atoms with Crippen LogP contribution in [0.25, 0.3) is 22.0 Å². The summed E-state index contributed by atoms with van der Waals surface area (Å²) in [7, 11) is 0. The number of aromatic hydroxyl groups is 1. The van der Waals surface area contributed by atoms with Crippen LogP contribution in [0, 0.1) is 11.7 Å². The highest BCUT2D eigenvalue weighted by molar-refractivity contribution is 5.97. The lowest BCUT2D eigenvalue weighted by molar-refractivity contribution is -0.146. The number of fused-ring (bicyclic) bond motifs is 1. The molecule has 2 aromatic carbocycles. The summed E-state index contributed by atoms with van der Waals surface area (Å²) in [6.07, 6.45) is 2.16. The Labute approximate surface area is 183 Å². The Kier molecular flexibility index (Phi) is 5.21. The smallest absolute Gasteiger partial charge is 0.306 e. The summed E-state index contributed by atoms with van der Waals surface area (Å²) in [5, 5.41) is 20.3. The molecule has 1 saturated carbocycles. The number of carboxylic acids is 1. The highest BCUT2D eigenvalue weighted by Gasteiger charge is 2.38. The molecule has 1 aliphatic carbocycles. The number of rotatable bonds is 4. The van der Waals surface area contributed by atoms with E-state index in [1.165, 1.54) is 12.1 Å². The molecule has 32 heavy (non-hydrogen) atoms. The number of hydrogen-bond donors (Lipinski definition) is 2. The lowest BCUT2D eigenvalue weighted by Crippen LogP contribution is -2.39. The highest BCUT2D eigenvalue weighted by Crippen LogP contribution is 2.43. The predicted molar refractivity (Wildman–Crippen MR) is 117 cm³/mol. The second kappa shape index (κ2) is 8.06. The third kappa shape index (κ3) is 3.46. The zero-order chi connectivity index (χ0) is 22.4. The van der Waals surface area contributed by atoms with Crippen LogP contribution in [0.2, 0.25) is 0 Å². The van der Waals surface area contributed by atoms with Crippen LogP contribution in [0.1, 0.15) is 43.2 Å². The van der Waals surface area contributed by atoms with Gasteiger partial charge in [-0.2, -0.15) is 0 Å². The number of ether oxygens (including phenoxy) is 1. The lowest BCUT2D eigenvalue weighted by atomic mass is 9.79. The van der Waals surface area contributed by atoms with E-state index in [0.717, 1.165) is 16.5 Å². The summed E-state index contributed by atoms with van der Waals surface area (Å²) in [6, 6.07) is 10.8. The molecule has 5 rings (SSSR count). The molecular weight excluding hydrogens is 413 g/mol. The van der Waals surface area contributed by atoms with E-state index in [0.29, 0.717) is 50.0 Å². The maximum absolute atomic E-state index is 14.0. The largest absolute Gasteiger partial charge is 0.508 e. The second-order valence-electron chi connectivity index (χ2n) is 8.72. The number of halogens is 1. The number of nitrogens with zero attached hydrogens (tertiary/aromatic N) is 1. The van der Waals surface area contributed by atoms with Gasteiger partial charge in [0.15, 0.2) is 0 Å². The van der Waals surface area contributed by atoms with Crippen molar-refractivity contribution in [2.75, 3.05) is 13.2 Å². The van der Waals surface area contributed by atoms with E-state index >= 15 is 0 Å². The van der Waals surface area contributed by atoms with Crippen molar-refractivity contribution in [3.8, 4) is 16.9 Å². The topological polar surface area (TPSA) is 88.8 Å². The molecule has 2 heterocycles. The summed E-state index contributed by atoms with van der Waals surface area (Å²) in [6.45, 7) is 1.12. The minimum Gasteiger partial charge on any atom is -0.508 e. The Morgan fingerprint density at radius 1 is 1.06 bits per heavy atom. The van der Waals surface area contributed by atoms with Crippen molar-refractivity contribution < 1.29 is 24.1 Å². The van der Waals surface area contributed by atoms with Gasteiger partial charge in [0, 0.05) is 36.3 Å². The van der Waals surface area contributed by atoms with Crippen molar-refractivity contribution >= 4 is 16.9 Å². The zero-order valence-corrected chi connectivity index (χ0v) is 17.5. The van der Waals surface area contributed by atoms with E-state index in [9.17, 15) is 24.2 Å². The van der Waals surface area contributed by atoms with Crippen LogP contribution in [0.5, 0.6) is 5.75 Å². The molecule has 0 amide bonds. The van der Waals surface area contributed by atoms with E-state index in [4.69, 9.17) is 4.74 Å². The number of benzene rings is 2. The number of aliphatic carboxylic acids is 1. The molecule has 0 bridgehead atoms. The number of carbonyl (C=O) groups is 1. The van der Waals surface area contributed by atoms with E-state index in [-0.39, 0.29) is 29.1 Å². The van der Waals surface area contributed by atoms with Crippen LogP contribution in [0.3, 0.4) is 0 Å². The third-order valence-electron chi connectivity index (χ3n) is 6.82. The fourth-order valence-electron chi connectivity index (χ4n) is 5.08. The Balaban J connectivity index is 1.79. The minimum atomic E-state index is -0.853. The lowest BCUT2D eigenvalue weighted by Gasteiger charge is -2.36. The maximum Gasteiger partial charge on any atom is 0.306 e. The second-order valence-corrected chi connectivity index (χ2v) is 8.72. The molecular formula is C25H24FNO5. The Morgan fingerprint density at radius 3 is 2.41 bits per heavy atom. The third-order valence-corrected chi connectivity index (χ3v) is 6.82. The van der Waals surface area contributed by atoms with Gasteiger partial charge >= 0.3 is 5.97 Å². The van der Waals surface area contributed by atoms with Gasteiger partial charge < -0.3 is 19.5 Å². The van der Waals surface area contributed by atoms with E-state index < -0.39 is 11.9 Å². The van der Waals surface area contributed by atoms with Crippen LogP contribution in [0.4, 0.5) is 4.39 Å². The van der Waals surface area contributed by atoms with E-state index in [1.54, 1.807) is 34.9 Å². The first-order chi connectivity index (χ1) is 15.4. The van der Waals surface area contributed by atoms with Crippen molar-refractivity contribution in [3.63, 3.8) is 0 Å². The fourth-order valence-corrected chi connectivity index (χ4v) is 5.08. The Hall–Kier alpha value is -3.19. The molecule has 6 nitrogen and oxygen atoms in total. The maximum atomic E-state index is 14.0. The van der Waals surface area contributed by atoms with Gasteiger partial charge in [0.05, 0.1) is 11.4 Å². The predicted octanol–water partition coefficient (Wildman–Crippen LogP) is 4.44. The average molecular weight is 437 g/mol. The number of hydrogen-bond acceptors (Lipinski definition) is 4. The monoisotopic (exact) mass is 437 g/mol. The molecule has 1 aliphatic heterocycles. The van der Waals surface area contributed by atoms with Gasteiger partial charge in [-0.3, -0.25) is 9.59 Å². The molecule has 7 heteroatoms. The quantitative estimate of drug-likeness (QED) is 0.630. The summed E-state index contributed by atoms with van der Waals surface area (Å²) in [5.74, 6) is -1.66. The molecule has 1 saturated heterocycles. The van der Waals surface area contributed by atoms with Crippen molar-refractivity contribution in [2.45, 2.75) is 37.6 Å². The summed E-state index contributed by atoms with van der Waals surface area (Å²) >= 11 is 0. The van der Waals surface area contributed by atoms with E-state index in [2.05, 4.69) is 0 Å². The number of phenols is 1. The SMILES string of the molecule is O=C(O)C1CC(n2c(=O)c(C3CCOCC3)c(-c3ccc(F)cc3)c3ccc(O)cc32)C1. The van der Waals surface area contributed by atoms with E-state index in [1.807, 2.05) is 0 Å². The van der Waals surface area contributed by atoms with Gasteiger partial charge in [0.2, 0.25) is 0 Å². The van der Waals surface area contributed by atoms with Crippen LogP contribution in [-0.2, 0) is 9.53 Å². The van der Waals surface area contributed by atoms with Crippen molar-refractivity contribution in [1.82, 2.24) is 4.57 Å². The highest BCUT2D eigenvalue weighted by atomic mass is 19.1. The van der Waals surface area contributed by atoms with Gasteiger partial charge in [-0.25, -0.2) is 4.39 Å². The summed E-state index contributed by atoms with van der Waals surface area (Å²) in [5.41, 5.74) is 2.56. The van der Waals surface area contributed by atoms with Gasteiger partial charge in [-0.1, -0.05) is 12.1 Å². The first kappa shape index (κ1) is 20.7. The molecule has 2 aliphatic rings. The molecule has 166 valence electrons. The van der Waals surface area contributed by atoms with Gasteiger partial charge in [-0.15, -0.1) is 0 Å². The van der Waals surface area contributed by atoms with Crippen molar-refractivity contribution in [2.24, 2.45) is 5.92 Å². The molecule has 3 aromatic rings. The standard InChI is InChI=1S/C25H24FNO5/c26-17-3-1-14(2-4-17)22-20-6-5-19(28)13-21(20)27(18-11-16(12-18)25(30)31)24(29)23(22)15-7-9-32-10-8-15/h1-6,13,15-16,18,28H,7-12H2,(H,30,31). The molecule has 1 aromatic heterocycles. The van der Waals surface area contributed by atoms with Crippen molar-refractivity contribution in [1.29, 1.82) is 0 Å². The molecule has 0 spiro atoms. The van der Waals surface area contributed by atoms with Gasteiger partial charge in [0.1, 0.15) is 11.6 Å². The average Bonchev–Trinajstić information content (AvgIpc) is 2.75. The van der Waals surface area contributed by atoms with Crippen LogP contribution >= 0.6 is 0 Å². The molecule has 0 unspecified atom stereocenters. The fraction of sp³-hybridized carbons (Fsp3) is 0.360. The number of phenolic OH excluding ortho intramolecular Hbond substituents is 1. The molecule has 2 N–H and O–H groups in total. The van der Waals surface area contributed by atoms with Gasteiger partial charge in [-0.05, 0) is 67.0 Å². The molecule has 0 atom stereocenters. The first-order valence-electron chi connectivity index (χ1n) is 10.9. The molecule has 0 radical (unpaired) electrons. The Bertz CT molecular complexity index is 1240. The summed E-state index contributed by atoms with van der Waals surface area (Å²) < 4.78 is 20.9. The summed E-state index contributed by atoms with van der Waals surface area (Å²) in [4.78, 5) is 25.4. The minimum absolute atomic E-state index is 0.0175. The normalized spacial score (nSPS) is 21.4. The van der Waals surface area contributed by atoms with Crippen LogP contribution in [-0.4, -0.2) is 34.0 Å². The number of pyridine rings is 1. The van der Waals surface area contributed by atoms with Gasteiger partial charge in [0.25, 0.3) is 5.56 Å².